The second-order valence-corrected chi connectivity index (χ2v) is 8.39. The molecule has 0 saturated carbocycles. The van der Waals surface area contributed by atoms with E-state index in [2.05, 4.69) is 5.32 Å². The minimum atomic E-state index is -1.03. The number of hydrogen-bond acceptors (Lipinski definition) is 7. The van der Waals surface area contributed by atoms with Crippen LogP contribution >= 0.6 is 0 Å². The molecule has 33 heavy (non-hydrogen) atoms. The van der Waals surface area contributed by atoms with E-state index in [1.54, 1.807) is 19.0 Å². The maximum atomic E-state index is 13.6. The maximum absolute atomic E-state index is 13.6. The number of rotatable bonds is 13. The number of carbonyl (C=O) groups excluding carboxylic acids is 2. The van der Waals surface area contributed by atoms with Crippen molar-refractivity contribution in [3.8, 4) is 0 Å². The summed E-state index contributed by atoms with van der Waals surface area (Å²) in [5.74, 6) is -1.77. The van der Waals surface area contributed by atoms with E-state index in [-0.39, 0.29) is 12.5 Å². The van der Waals surface area contributed by atoms with Crippen molar-refractivity contribution in [2.45, 2.75) is 70.0 Å². The zero-order valence-electron chi connectivity index (χ0n) is 19.7. The highest BCUT2D eigenvalue weighted by atomic mass is 16.5. The summed E-state index contributed by atoms with van der Waals surface area (Å²) in [5, 5.41) is 15.9. The molecule has 3 atom stereocenters. The van der Waals surface area contributed by atoms with Gasteiger partial charge >= 0.3 is 11.9 Å². The number of ether oxygens (including phenoxy) is 1. The summed E-state index contributed by atoms with van der Waals surface area (Å²) < 4.78 is 5.27. The minimum Gasteiger partial charge on any atom is -0.480 e. The van der Waals surface area contributed by atoms with E-state index >= 15 is 0 Å². The standard InChI is InChI=1S/C24H38N4O5/c1-3-33-24(32)20(15-14-18-10-5-4-6-11-18)26-19(12-7-8-16-25)22(29)28-21(23(30)31)13-9-17-27(28)2/h4-6,10-11,19-21,26H,3,7-9,12-17,25H2,1-2H3,(H,30,31)/t19-,20-,21?/m0/s1. The van der Waals surface area contributed by atoms with Gasteiger partial charge in [0, 0.05) is 13.6 Å². The Kier molecular flexibility index (Phi) is 11.3. The van der Waals surface area contributed by atoms with Crippen molar-refractivity contribution in [3.63, 3.8) is 0 Å². The van der Waals surface area contributed by atoms with Crippen molar-refractivity contribution >= 4 is 17.8 Å². The quantitative estimate of drug-likeness (QED) is 0.298. The molecule has 9 nitrogen and oxygen atoms in total. The van der Waals surface area contributed by atoms with Crippen LogP contribution in [-0.2, 0) is 25.5 Å². The third-order valence-electron chi connectivity index (χ3n) is 5.92. The monoisotopic (exact) mass is 462 g/mol. The van der Waals surface area contributed by atoms with Gasteiger partial charge in [0.05, 0.1) is 12.6 Å². The number of nitrogens with one attached hydrogen (secondary N) is 1. The van der Waals surface area contributed by atoms with Gasteiger partial charge in [-0.3, -0.25) is 19.9 Å². The number of nitrogens with zero attached hydrogens (tertiary/aromatic N) is 2. The zero-order valence-corrected chi connectivity index (χ0v) is 19.7. The molecule has 1 aliphatic rings. The Labute approximate surface area is 196 Å². The smallest absolute Gasteiger partial charge is 0.328 e. The Balaban J connectivity index is 2.22. The third kappa shape index (κ3) is 8.10. The molecule has 0 aliphatic carbocycles. The molecule has 1 saturated heterocycles. The van der Waals surface area contributed by atoms with Crippen molar-refractivity contribution in [3.05, 3.63) is 35.9 Å². The van der Waals surface area contributed by atoms with Crippen LogP contribution in [-0.4, -0.2) is 77.8 Å². The summed E-state index contributed by atoms with van der Waals surface area (Å²) in [6, 6.07) is 7.49. The van der Waals surface area contributed by atoms with Gasteiger partial charge in [-0.25, -0.2) is 9.80 Å². The van der Waals surface area contributed by atoms with Crippen molar-refractivity contribution in [1.82, 2.24) is 15.3 Å². The van der Waals surface area contributed by atoms with Gasteiger partial charge in [-0.1, -0.05) is 36.8 Å². The van der Waals surface area contributed by atoms with Crippen LogP contribution in [0, 0.1) is 0 Å². The van der Waals surface area contributed by atoms with Crippen LogP contribution in [0.15, 0.2) is 30.3 Å². The van der Waals surface area contributed by atoms with Crippen molar-refractivity contribution in [2.75, 3.05) is 26.7 Å². The maximum Gasteiger partial charge on any atom is 0.328 e. The second-order valence-electron chi connectivity index (χ2n) is 8.39. The Bertz CT molecular complexity index is 760. The van der Waals surface area contributed by atoms with E-state index in [1.807, 2.05) is 30.3 Å². The lowest BCUT2D eigenvalue weighted by Crippen LogP contribution is -2.62. The number of carbonyl (C=O) groups is 3. The molecule has 1 aromatic carbocycles. The predicted octanol–water partition coefficient (Wildman–Crippen LogP) is 1.56. The van der Waals surface area contributed by atoms with Gasteiger partial charge < -0.3 is 15.6 Å². The fourth-order valence-electron chi connectivity index (χ4n) is 4.17. The summed E-state index contributed by atoms with van der Waals surface area (Å²) in [4.78, 5) is 38.2. The summed E-state index contributed by atoms with van der Waals surface area (Å²) >= 11 is 0. The van der Waals surface area contributed by atoms with Crippen LogP contribution in [0.2, 0.25) is 0 Å². The molecule has 0 radical (unpaired) electrons. The minimum absolute atomic E-state index is 0.240. The zero-order chi connectivity index (χ0) is 24.2. The van der Waals surface area contributed by atoms with Crippen LogP contribution in [0.4, 0.5) is 0 Å². The first-order valence-corrected chi connectivity index (χ1v) is 11.8. The molecule has 184 valence electrons. The molecule has 1 heterocycles. The first-order valence-electron chi connectivity index (χ1n) is 11.8. The van der Waals surface area contributed by atoms with Crippen molar-refractivity contribution < 1.29 is 24.2 Å². The predicted molar refractivity (Wildman–Crippen MR) is 125 cm³/mol. The first kappa shape index (κ1) is 26.8. The van der Waals surface area contributed by atoms with Crippen LogP contribution in [0.1, 0.15) is 51.0 Å². The molecule has 0 bridgehead atoms. The highest BCUT2D eigenvalue weighted by Crippen LogP contribution is 2.20. The summed E-state index contributed by atoms with van der Waals surface area (Å²) in [5.41, 5.74) is 6.73. The Morgan fingerprint density at radius 1 is 1.18 bits per heavy atom. The first-order chi connectivity index (χ1) is 15.9. The van der Waals surface area contributed by atoms with Crippen molar-refractivity contribution in [1.29, 1.82) is 0 Å². The van der Waals surface area contributed by atoms with Crippen LogP contribution in [0.25, 0.3) is 0 Å². The number of benzene rings is 1. The molecule has 0 aromatic heterocycles. The van der Waals surface area contributed by atoms with E-state index in [1.165, 1.54) is 5.01 Å². The van der Waals surface area contributed by atoms with Crippen LogP contribution < -0.4 is 11.1 Å². The number of aryl methyl sites for hydroxylation is 1. The number of carboxylic acid groups (broad SMARTS) is 1. The number of nitrogens with two attached hydrogens (primary N) is 1. The second kappa shape index (κ2) is 13.9. The molecular formula is C24H38N4O5. The Hall–Kier alpha value is -2.49. The highest BCUT2D eigenvalue weighted by Gasteiger charge is 2.39. The van der Waals surface area contributed by atoms with Gasteiger partial charge in [-0.2, -0.15) is 0 Å². The average Bonchev–Trinajstić information content (AvgIpc) is 2.80. The summed E-state index contributed by atoms with van der Waals surface area (Å²) in [6.45, 7) is 3.08. The molecule has 4 N–H and O–H groups in total. The number of unbranched alkanes of at least 4 members (excludes halogenated alkanes) is 1. The Morgan fingerprint density at radius 2 is 1.91 bits per heavy atom. The number of carboxylic acids is 1. The van der Waals surface area contributed by atoms with Gasteiger partial charge in [0.25, 0.3) is 5.91 Å². The van der Waals surface area contributed by atoms with E-state index in [0.717, 1.165) is 12.0 Å². The lowest BCUT2D eigenvalue weighted by atomic mass is 10.0. The lowest BCUT2D eigenvalue weighted by molar-refractivity contribution is -0.173. The largest absolute Gasteiger partial charge is 0.480 e. The molecule has 1 aromatic rings. The number of hydrogen-bond donors (Lipinski definition) is 3. The van der Waals surface area contributed by atoms with Crippen molar-refractivity contribution in [2.24, 2.45) is 5.73 Å². The van der Waals surface area contributed by atoms with Crippen LogP contribution in [0.3, 0.4) is 0 Å². The van der Waals surface area contributed by atoms with Crippen LogP contribution in [0.5, 0.6) is 0 Å². The van der Waals surface area contributed by atoms with Gasteiger partial charge in [0.15, 0.2) is 0 Å². The molecule has 9 heteroatoms. The fourth-order valence-corrected chi connectivity index (χ4v) is 4.17. The van der Waals surface area contributed by atoms with Gasteiger partial charge in [0.2, 0.25) is 0 Å². The lowest BCUT2D eigenvalue weighted by Gasteiger charge is -2.42. The summed E-state index contributed by atoms with van der Waals surface area (Å²) in [7, 11) is 1.72. The van der Waals surface area contributed by atoms with E-state index in [4.69, 9.17) is 10.5 Å². The fraction of sp³-hybridized carbons (Fsp3) is 0.625. The number of hydrazine groups is 1. The topological polar surface area (TPSA) is 125 Å². The molecular weight excluding hydrogens is 424 g/mol. The van der Waals surface area contributed by atoms with Gasteiger partial charge in [-0.05, 0) is 57.6 Å². The van der Waals surface area contributed by atoms with Gasteiger partial charge in [-0.15, -0.1) is 0 Å². The van der Waals surface area contributed by atoms with E-state index < -0.39 is 30.1 Å². The SMILES string of the molecule is CCOC(=O)[C@H](CCc1ccccc1)N[C@@H](CCCCN)C(=O)N1C(C(=O)O)CCCN1C. The highest BCUT2D eigenvalue weighted by molar-refractivity contribution is 5.87. The molecule has 1 amide bonds. The van der Waals surface area contributed by atoms with E-state index in [9.17, 15) is 19.5 Å². The molecule has 1 unspecified atom stereocenters. The molecule has 0 spiro atoms. The van der Waals surface area contributed by atoms with E-state index in [0.29, 0.717) is 51.6 Å². The normalized spacial score (nSPS) is 18.5. The number of amides is 1. The molecule has 2 rings (SSSR count). The third-order valence-corrected chi connectivity index (χ3v) is 5.92. The Morgan fingerprint density at radius 3 is 2.55 bits per heavy atom. The summed E-state index contributed by atoms with van der Waals surface area (Å²) in [6.07, 6.45) is 4.07. The number of aliphatic carboxylic acids is 1. The molecule has 1 aliphatic heterocycles. The average molecular weight is 463 g/mol. The number of esters is 1. The van der Waals surface area contributed by atoms with Gasteiger partial charge in [0.1, 0.15) is 12.1 Å². The molecule has 1 fully saturated rings.